The van der Waals surface area contributed by atoms with Gasteiger partial charge in [0.05, 0.1) is 0 Å². The lowest BCUT2D eigenvalue weighted by Crippen LogP contribution is -2.36. The van der Waals surface area contributed by atoms with Crippen molar-refractivity contribution in [2.75, 3.05) is 38.6 Å². The van der Waals surface area contributed by atoms with Gasteiger partial charge in [-0.05, 0) is 31.4 Å². The summed E-state index contributed by atoms with van der Waals surface area (Å²) in [6, 6.07) is 19.0. The Morgan fingerprint density at radius 1 is 1.09 bits per heavy atom. The summed E-state index contributed by atoms with van der Waals surface area (Å²) in [4.78, 5) is 25.6. The zero-order valence-corrected chi connectivity index (χ0v) is 18.7. The predicted molar refractivity (Wildman–Crippen MR) is 130 cm³/mol. The third-order valence-corrected chi connectivity index (χ3v) is 6.01. The lowest BCUT2D eigenvalue weighted by molar-refractivity contribution is 0.0754. The number of fused-ring (bicyclic) bond motifs is 1. The lowest BCUT2D eigenvalue weighted by atomic mass is 9.54. The van der Waals surface area contributed by atoms with E-state index in [1.54, 1.807) is 6.20 Å². The molecule has 2 heterocycles. The van der Waals surface area contributed by atoms with Gasteiger partial charge in [0.25, 0.3) is 5.91 Å². The van der Waals surface area contributed by atoms with Gasteiger partial charge < -0.3 is 15.1 Å². The molecule has 1 unspecified atom stereocenters. The molecule has 1 aliphatic heterocycles. The van der Waals surface area contributed by atoms with Crippen LogP contribution in [0.2, 0.25) is 0 Å². The second-order valence-electron chi connectivity index (χ2n) is 8.18. The molecule has 2 aromatic carbocycles. The molecule has 1 aliphatic rings. The number of anilines is 1. The van der Waals surface area contributed by atoms with E-state index in [2.05, 4.69) is 71.1 Å². The van der Waals surface area contributed by atoms with Gasteiger partial charge in [-0.25, -0.2) is 9.97 Å². The SMILES string of the molecule is CNCCC([B]c1ccccc1CN1CCN(C)c2ncncc2C1=O)c1ccccc1. The maximum atomic E-state index is 13.3. The van der Waals surface area contributed by atoms with Gasteiger partial charge in [0, 0.05) is 32.9 Å². The maximum absolute atomic E-state index is 13.3. The molecule has 1 amide bonds. The zero-order valence-electron chi connectivity index (χ0n) is 18.7. The van der Waals surface area contributed by atoms with Crippen molar-refractivity contribution in [3.8, 4) is 0 Å². The van der Waals surface area contributed by atoms with Gasteiger partial charge in [0.15, 0.2) is 7.28 Å². The molecular formula is C25H29BN5O. The maximum Gasteiger partial charge on any atom is 0.259 e. The van der Waals surface area contributed by atoms with Crippen molar-refractivity contribution in [2.45, 2.75) is 18.8 Å². The molecule has 3 aromatic rings. The van der Waals surface area contributed by atoms with Crippen molar-refractivity contribution >= 4 is 24.5 Å². The highest BCUT2D eigenvalue weighted by atomic mass is 16.2. The Bertz CT molecular complexity index is 1050. The van der Waals surface area contributed by atoms with E-state index in [0.717, 1.165) is 25.1 Å². The first-order chi connectivity index (χ1) is 15.7. The minimum Gasteiger partial charge on any atom is -0.357 e. The van der Waals surface area contributed by atoms with Crippen molar-refractivity contribution in [1.29, 1.82) is 0 Å². The summed E-state index contributed by atoms with van der Waals surface area (Å²) in [6.45, 7) is 2.87. The summed E-state index contributed by atoms with van der Waals surface area (Å²) < 4.78 is 0. The van der Waals surface area contributed by atoms with E-state index in [0.29, 0.717) is 30.3 Å². The normalized spacial score (nSPS) is 14.6. The summed E-state index contributed by atoms with van der Waals surface area (Å²) in [6.07, 6.45) is 4.13. The highest BCUT2D eigenvalue weighted by molar-refractivity contribution is 6.55. The predicted octanol–water partition coefficient (Wildman–Crippen LogP) is 2.25. The monoisotopic (exact) mass is 426 g/mol. The molecule has 32 heavy (non-hydrogen) atoms. The molecule has 6 nitrogen and oxygen atoms in total. The summed E-state index contributed by atoms with van der Waals surface area (Å²) >= 11 is 0. The Kier molecular flexibility index (Phi) is 7.17. The Morgan fingerprint density at radius 2 is 1.88 bits per heavy atom. The van der Waals surface area contributed by atoms with E-state index in [9.17, 15) is 4.79 Å². The second kappa shape index (κ2) is 10.4. The average Bonchev–Trinajstić information content (AvgIpc) is 2.95. The summed E-state index contributed by atoms with van der Waals surface area (Å²) in [5, 5.41) is 3.27. The average molecular weight is 426 g/mol. The van der Waals surface area contributed by atoms with E-state index in [4.69, 9.17) is 0 Å². The molecular weight excluding hydrogens is 397 g/mol. The Morgan fingerprint density at radius 3 is 2.69 bits per heavy atom. The lowest BCUT2D eigenvalue weighted by Gasteiger charge is -2.24. The quantitative estimate of drug-likeness (QED) is 0.560. The number of nitrogens with one attached hydrogen (secondary N) is 1. The molecule has 0 spiro atoms. The minimum atomic E-state index is -0.0189. The Labute approximate surface area is 190 Å². The smallest absolute Gasteiger partial charge is 0.259 e. The van der Waals surface area contributed by atoms with Crippen LogP contribution in [0.3, 0.4) is 0 Å². The molecule has 1 radical (unpaired) electrons. The zero-order chi connectivity index (χ0) is 22.3. The molecule has 1 N–H and O–H groups in total. The number of carbonyl (C=O) groups excluding carboxylic acids is 1. The van der Waals surface area contributed by atoms with Crippen LogP contribution >= 0.6 is 0 Å². The van der Waals surface area contributed by atoms with Gasteiger partial charge in [-0.3, -0.25) is 4.79 Å². The minimum absolute atomic E-state index is 0.0189. The Balaban J connectivity index is 1.58. The van der Waals surface area contributed by atoms with Crippen LogP contribution < -0.4 is 15.7 Å². The van der Waals surface area contributed by atoms with Gasteiger partial charge in [-0.1, -0.05) is 65.6 Å². The molecule has 0 saturated carbocycles. The standard InChI is InChI=1S/C25H29BN5O/c1-27-13-12-23(19-8-4-3-5-9-19)26-22-11-7-6-10-20(22)17-31-15-14-30(2)24-21(25(31)32)16-28-18-29-24/h3-11,16,18,23,27H,12-15,17H2,1-2H3. The first kappa shape index (κ1) is 22.0. The van der Waals surface area contributed by atoms with Crippen LogP contribution in [-0.2, 0) is 6.54 Å². The van der Waals surface area contributed by atoms with E-state index < -0.39 is 0 Å². The van der Waals surface area contributed by atoms with Crippen LogP contribution in [0.4, 0.5) is 5.82 Å². The van der Waals surface area contributed by atoms with Gasteiger partial charge in [0.1, 0.15) is 17.7 Å². The third kappa shape index (κ3) is 4.99. The fourth-order valence-corrected chi connectivity index (χ4v) is 4.19. The van der Waals surface area contributed by atoms with Crippen LogP contribution in [0, 0.1) is 0 Å². The topological polar surface area (TPSA) is 61.4 Å². The number of hydrogen-bond acceptors (Lipinski definition) is 5. The van der Waals surface area contributed by atoms with Crippen molar-refractivity contribution < 1.29 is 4.79 Å². The molecule has 0 fully saturated rings. The van der Waals surface area contributed by atoms with Crippen LogP contribution in [0.1, 0.15) is 33.7 Å². The van der Waals surface area contributed by atoms with Gasteiger partial charge in [0.2, 0.25) is 0 Å². The number of rotatable bonds is 8. The number of benzene rings is 2. The third-order valence-electron chi connectivity index (χ3n) is 6.01. The molecule has 0 bridgehead atoms. The highest BCUT2D eigenvalue weighted by Crippen LogP contribution is 2.22. The van der Waals surface area contributed by atoms with Crippen LogP contribution in [-0.4, -0.2) is 61.8 Å². The van der Waals surface area contributed by atoms with E-state index >= 15 is 0 Å². The second-order valence-corrected chi connectivity index (χ2v) is 8.18. The van der Waals surface area contributed by atoms with Crippen molar-refractivity contribution in [3.63, 3.8) is 0 Å². The van der Waals surface area contributed by atoms with Gasteiger partial charge in [-0.15, -0.1) is 0 Å². The van der Waals surface area contributed by atoms with Crippen molar-refractivity contribution in [3.05, 3.63) is 83.8 Å². The molecule has 163 valence electrons. The molecule has 7 heteroatoms. The van der Waals surface area contributed by atoms with E-state index in [1.807, 2.05) is 30.0 Å². The summed E-state index contributed by atoms with van der Waals surface area (Å²) in [5.74, 6) is 0.975. The fraction of sp³-hybridized carbons (Fsp3) is 0.320. The van der Waals surface area contributed by atoms with Crippen molar-refractivity contribution in [2.24, 2.45) is 0 Å². The summed E-state index contributed by atoms with van der Waals surface area (Å²) in [5.41, 5.74) is 4.18. The van der Waals surface area contributed by atoms with Crippen LogP contribution in [0.25, 0.3) is 0 Å². The molecule has 1 atom stereocenters. The molecule has 1 aromatic heterocycles. The highest BCUT2D eigenvalue weighted by Gasteiger charge is 2.27. The molecule has 0 aliphatic carbocycles. The number of nitrogens with zero attached hydrogens (tertiary/aromatic N) is 4. The van der Waals surface area contributed by atoms with E-state index in [-0.39, 0.29) is 5.91 Å². The molecule has 4 rings (SSSR count). The Hall–Kier alpha value is -3.19. The number of amides is 1. The number of aromatic nitrogens is 2. The number of likely N-dealkylation sites (N-methyl/N-ethyl adjacent to an activating group) is 1. The van der Waals surface area contributed by atoms with Crippen LogP contribution in [0.15, 0.2) is 67.1 Å². The number of carbonyl (C=O) groups is 1. The van der Waals surface area contributed by atoms with Crippen molar-refractivity contribution in [1.82, 2.24) is 20.2 Å². The number of hydrogen-bond donors (Lipinski definition) is 1. The summed E-state index contributed by atoms with van der Waals surface area (Å²) in [7, 11) is 6.30. The van der Waals surface area contributed by atoms with Crippen LogP contribution in [0.5, 0.6) is 0 Å². The first-order valence-electron chi connectivity index (χ1n) is 11.1. The molecule has 0 saturated heterocycles. The first-order valence-corrected chi connectivity index (χ1v) is 11.1. The van der Waals surface area contributed by atoms with Gasteiger partial charge in [-0.2, -0.15) is 0 Å². The fourth-order valence-electron chi connectivity index (χ4n) is 4.19. The van der Waals surface area contributed by atoms with Gasteiger partial charge >= 0.3 is 0 Å². The largest absolute Gasteiger partial charge is 0.357 e. The van der Waals surface area contributed by atoms with E-state index in [1.165, 1.54) is 17.4 Å².